The molecule has 1 atom stereocenters. The van der Waals surface area contributed by atoms with Gasteiger partial charge in [0.1, 0.15) is 0 Å². The minimum Gasteiger partial charge on any atom is -0.390 e. The Morgan fingerprint density at radius 1 is 1.39 bits per heavy atom. The number of nitrogen functional groups attached to an aromatic ring is 1. The third-order valence-electron chi connectivity index (χ3n) is 3.89. The molecule has 3 rings (SSSR count). The molecule has 2 aromatic rings. The van der Waals surface area contributed by atoms with E-state index in [1.165, 1.54) is 16.0 Å². The van der Waals surface area contributed by atoms with Crippen LogP contribution in [0.4, 0.5) is 5.00 Å². The van der Waals surface area contributed by atoms with Gasteiger partial charge >= 0.3 is 0 Å². The highest BCUT2D eigenvalue weighted by molar-refractivity contribution is 7.16. The van der Waals surface area contributed by atoms with Crippen molar-refractivity contribution in [3.8, 4) is 0 Å². The first-order chi connectivity index (χ1) is 8.52. The molecule has 0 saturated carbocycles. The number of nitrogens with two attached hydrogens (primary N) is 1. The molecule has 4 nitrogen and oxygen atoms in total. The maximum Gasteiger partial charge on any atom is 0.237 e. The van der Waals surface area contributed by atoms with E-state index >= 15 is 0 Å². The summed E-state index contributed by atoms with van der Waals surface area (Å²) in [5, 5.41) is 4.85. The van der Waals surface area contributed by atoms with Crippen molar-refractivity contribution in [3.05, 3.63) is 27.7 Å². The lowest BCUT2D eigenvalue weighted by molar-refractivity contribution is 0.298. The van der Waals surface area contributed by atoms with Crippen LogP contribution < -0.4 is 5.73 Å². The molecule has 96 valence electrons. The van der Waals surface area contributed by atoms with E-state index in [0.29, 0.717) is 5.82 Å². The molecule has 0 amide bonds. The SMILES string of the molecule is Cc1noc([C@@]2(C)CCCc3sc(N)c(C)c32)n1. The molecule has 1 aliphatic rings. The van der Waals surface area contributed by atoms with Gasteiger partial charge in [-0.1, -0.05) is 5.16 Å². The molecule has 0 fully saturated rings. The first-order valence-electron chi connectivity index (χ1n) is 6.21. The highest BCUT2D eigenvalue weighted by Crippen LogP contribution is 2.48. The predicted molar refractivity (Wildman–Crippen MR) is 71.9 cm³/mol. The molecule has 0 radical (unpaired) electrons. The molecule has 2 aromatic heterocycles. The normalized spacial score (nSPS) is 23.1. The van der Waals surface area contributed by atoms with Crippen LogP contribution in [0.2, 0.25) is 0 Å². The van der Waals surface area contributed by atoms with Gasteiger partial charge in [0.15, 0.2) is 5.82 Å². The average molecular weight is 263 g/mol. The molecule has 0 aromatic carbocycles. The maximum absolute atomic E-state index is 6.08. The van der Waals surface area contributed by atoms with Crippen molar-refractivity contribution in [2.45, 2.75) is 45.4 Å². The molecule has 0 bridgehead atoms. The second kappa shape index (κ2) is 3.82. The van der Waals surface area contributed by atoms with Gasteiger partial charge in [0, 0.05) is 4.88 Å². The van der Waals surface area contributed by atoms with Gasteiger partial charge < -0.3 is 10.3 Å². The van der Waals surface area contributed by atoms with Gasteiger partial charge in [-0.05, 0) is 51.2 Å². The monoisotopic (exact) mass is 263 g/mol. The van der Waals surface area contributed by atoms with Gasteiger partial charge in [-0.15, -0.1) is 11.3 Å². The number of anilines is 1. The van der Waals surface area contributed by atoms with E-state index in [1.807, 2.05) is 6.92 Å². The fourth-order valence-corrected chi connectivity index (χ4v) is 4.20. The lowest BCUT2D eigenvalue weighted by Crippen LogP contribution is -2.29. The Morgan fingerprint density at radius 2 is 2.17 bits per heavy atom. The third kappa shape index (κ3) is 1.50. The van der Waals surface area contributed by atoms with Gasteiger partial charge in [0.2, 0.25) is 5.89 Å². The van der Waals surface area contributed by atoms with E-state index in [9.17, 15) is 0 Å². The predicted octanol–water partition coefficient (Wildman–Crippen LogP) is 2.97. The van der Waals surface area contributed by atoms with Crippen molar-refractivity contribution in [1.29, 1.82) is 0 Å². The second-order valence-corrected chi connectivity index (χ2v) is 6.36. The van der Waals surface area contributed by atoms with Crippen LogP contribution in [0.5, 0.6) is 0 Å². The molecule has 0 unspecified atom stereocenters. The number of aromatic nitrogens is 2. The minimum absolute atomic E-state index is 0.174. The van der Waals surface area contributed by atoms with Crippen molar-refractivity contribution < 1.29 is 4.52 Å². The summed E-state index contributed by atoms with van der Waals surface area (Å²) in [5.41, 5.74) is 8.41. The van der Waals surface area contributed by atoms with Crippen molar-refractivity contribution in [2.75, 3.05) is 5.73 Å². The summed E-state index contributed by atoms with van der Waals surface area (Å²) >= 11 is 1.71. The number of fused-ring (bicyclic) bond motifs is 1. The number of nitrogens with zero attached hydrogens (tertiary/aromatic N) is 2. The molecule has 1 aliphatic carbocycles. The smallest absolute Gasteiger partial charge is 0.237 e. The van der Waals surface area contributed by atoms with Crippen LogP contribution in [-0.4, -0.2) is 10.1 Å². The van der Waals surface area contributed by atoms with Gasteiger partial charge in [-0.25, -0.2) is 0 Å². The van der Waals surface area contributed by atoms with Crippen molar-refractivity contribution in [2.24, 2.45) is 0 Å². The molecule has 18 heavy (non-hydrogen) atoms. The van der Waals surface area contributed by atoms with E-state index in [1.54, 1.807) is 11.3 Å². The fourth-order valence-electron chi connectivity index (χ4n) is 2.95. The Kier molecular flexibility index (Phi) is 2.48. The Bertz CT molecular complexity index is 601. The number of aryl methyl sites for hydroxylation is 2. The van der Waals surface area contributed by atoms with Crippen molar-refractivity contribution >= 4 is 16.3 Å². The summed E-state index contributed by atoms with van der Waals surface area (Å²) in [6, 6.07) is 0. The van der Waals surface area contributed by atoms with Crippen LogP contribution in [0.3, 0.4) is 0 Å². The Balaban J connectivity index is 2.21. The van der Waals surface area contributed by atoms with Crippen LogP contribution in [0.25, 0.3) is 0 Å². The summed E-state index contributed by atoms with van der Waals surface area (Å²) in [6.45, 7) is 6.14. The van der Waals surface area contributed by atoms with E-state index in [0.717, 1.165) is 30.2 Å². The van der Waals surface area contributed by atoms with E-state index in [-0.39, 0.29) is 5.41 Å². The zero-order chi connectivity index (χ0) is 12.9. The largest absolute Gasteiger partial charge is 0.390 e. The van der Waals surface area contributed by atoms with Crippen LogP contribution >= 0.6 is 11.3 Å². The van der Waals surface area contributed by atoms with Crippen molar-refractivity contribution in [1.82, 2.24) is 10.1 Å². The highest BCUT2D eigenvalue weighted by atomic mass is 32.1. The Labute approximate surface area is 110 Å². The molecule has 2 N–H and O–H groups in total. The van der Waals surface area contributed by atoms with Gasteiger partial charge in [0.05, 0.1) is 10.4 Å². The zero-order valence-electron chi connectivity index (χ0n) is 10.9. The molecular formula is C13H17N3OS. The van der Waals surface area contributed by atoms with E-state index in [4.69, 9.17) is 10.3 Å². The first-order valence-corrected chi connectivity index (χ1v) is 7.03. The standard InChI is InChI=1S/C13H17N3OS/c1-7-10-9(18-11(7)14)5-4-6-13(10,3)12-15-8(2)16-17-12/h4-6,14H2,1-3H3/t13-/m0/s1. The molecule has 0 aliphatic heterocycles. The molecule has 0 spiro atoms. The van der Waals surface area contributed by atoms with Crippen LogP contribution in [0.15, 0.2) is 4.52 Å². The number of hydrogen-bond acceptors (Lipinski definition) is 5. The van der Waals surface area contributed by atoms with Gasteiger partial charge in [-0.3, -0.25) is 0 Å². The molecule has 5 heteroatoms. The van der Waals surface area contributed by atoms with Crippen molar-refractivity contribution in [3.63, 3.8) is 0 Å². The number of rotatable bonds is 1. The summed E-state index contributed by atoms with van der Waals surface area (Å²) in [5.74, 6) is 1.42. The Morgan fingerprint density at radius 3 is 2.83 bits per heavy atom. The number of thiophene rings is 1. The minimum atomic E-state index is -0.174. The van der Waals surface area contributed by atoms with Crippen LogP contribution in [-0.2, 0) is 11.8 Å². The highest BCUT2D eigenvalue weighted by Gasteiger charge is 2.41. The van der Waals surface area contributed by atoms with Gasteiger partial charge in [-0.2, -0.15) is 4.98 Å². The summed E-state index contributed by atoms with van der Waals surface area (Å²) in [7, 11) is 0. The first kappa shape index (κ1) is 11.7. The maximum atomic E-state index is 6.08. The van der Waals surface area contributed by atoms with E-state index in [2.05, 4.69) is 24.0 Å². The summed E-state index contributed by atoms with van der Waals surface area (Å²) < 4.78 is 5.43. The topological polar surface area (TPSA) is 64.9 Å². The molecular weight excluding hydrogens is 246 g/mol. The average Bonchev–Trinajstić information content (AvgIpc) is 2.86. The summed E-state index contributed by atoms with van der Waals surface area (Å²) in [4.78, 5) is 5.83. The third-order valence-corrected chi connectivity index (χ3v) is 5.07. The zero-order valence-corrected chi connectivity index (χ0v) is 11.7. The van der Waals surface area contributed by atoms with Gasteiger partial charge in [0.25, 0.3) is 0 Å². The Hall–Kier alpha value is -1.36. The van der Waals surface area contributed by atoms with Crippen LogP contribution in [0, 0.1) is 13.8 Å². The van der Waals surface area contributed by atoms with E-state index < -0.39 is 0 Å². The number of hydrogen-bond donors (Lipinski definition) is 1. The second-order valence-electron chi connectivity index (χ2n) is 5.22. The lowest BCUT2D eigenvalue weighted by atomic mass is 9.72. The van der Waals surface area contributed by atoms with Crippen LogP contribution in [0.1, 0.15) is 47.5 Å². The quantitative estimate of drug-likeness (QED) is 0.859. The molecule has 0 saturated heterocycles. The fraction of sp³-hybridized carbons (Fsp3) is 0.538. The molecule has 2 heterocycles. The summed E-state index contributed by atoms with van der Waals surface area (Å²) in [6.07, 6.45) is 3.30. The lowest BCUT2D eigenvalue weighted by Gasteiger charge is -2.31.